The van der Waals surface area contributed by atoms with Crippen molar-refractivity contribution in [1.29, 1.82) is 5.26 Å². The van der Waals surface area contributed by atoms with Crippen molar-refractivity contribution >= 4 is 21.7 Å². The second-order valence-electron chi connectivity index (χ2n) is 4.27. The first-order chi connectivity index (χ1) is 9.86. The summed E-state index contributed by atoms with van der Waals surface area (Å²) in [5, 5.41) is 15.6. The molecular formula is C13H16N2O5S. The zero-order chi connectivity index (χ0) is 15.9. The van der Waals surface area contributed by atoms with E-state index in [1.165, 1.54) is 12.1 Å². The molecule has 7 nitrogen and oxygen atoms in total. The molecule has 1 unspecified atom stereocenters. The third-order valence-corrected chi connectivity index (χ3v) is 4.26. The summed E-state index contributed by atoms with van der Waals surface area (Å²) >= 11 is 0. The van der Waals surface area contributed by atoms with E-state index < -0.39 is 21.2 Å². The summed E-state index contributed by atoms with van der Waals surface area (Å²) < 4.78 is 31.1. The third kappa shape index (κ3) is 5.31. The summed E-state index contributed by atoms with van der Waals surface area (Å²) in [6, 6.07) is 8.17. The van der Waals surface area contributed by atoms with E-state index in [1.54, 1.807) is 12.1 Å². The number of carboxylic acids is 1. The maximum Gasteiger partial charge on any atom is 0.323 e. The monoisotopic (exact) mass is 312 g/mol. The number of aliphatic carboxylic acids is 1. The number of unbranched alkanes of at least 4 members (excludes halogenated alkanes) is 1. The van der Waals surface area contributed by atoms with Crippen molar-refractivity contribution in [3.8, 4) is 11.8 Å². The second-order valence-corrected chi connectivity index (χ2v) is 6.27. The van der Waals surface area contributed by atoms with Gasteiger partial charge in [-0.1, -0.05) is 6.07 Å². The van der Waals surface area contributed by atoms with Crippen LogP contribution in [-0.4, -0.2) is 31.4 Å². The highest BCUT2D eigenvalue weighted by Gasteiger charge is 2.27. The molecule has 114 valence electrons. The van der Waals surface area contributed by atoms with Crippen molar-refractivity contribution in [2.45, 2.75) is 25.0 Å². The van der Waals surface area contributed by atoms with Crippen LogP contribution in [0.1, 0.15) is 19.8 Å². The highest BCUT2D eigenvalue weighted by molar-refractivity contribution is 7.94. The Bertz CT molecular complexity index is 636. The molecule has 21 heavy (non-hydrogen) atoms. The Balaban J connectivity index is 2.73. The molecule has 0 aliphatic rings. The lowest BCUT2D eigenvalue weighted by atomic mass is 10.3. The molecule has 0 aromatic heterocycles. The highest BCUT2D eigenvalue weighted by Crippen LogP contribution is 2.19. The van der Waals surface area contributed by atoms with Crippen LogP contribution in [0, 0.1) is 11.3 Å². The maximum atomic E-state index is 11.8. The molecule has 0 fully saturated rings. The van der Waals surface area contributed by atoms with Gasteiger partial charge < -0.3 is 9.84 Å². The van der Waals surface area contributed by atoms with Crippen LogP contribution in [0.5, 0.6) is 5.75 Å². The number of benzene rings is 1. The van der Waals surface area contributed by atoms with Gasteiger partial charge in [-0.05, 0) is 25.5 Å². The minimum Gasteiger partial charge on any atom is -0.493 e. The summed E-state index contributed by atoms with van der Waals surface area (Å²) in [5.74, 6) is -0.984. The number of carboxylic acid groups (broad SMARTS) is 1. The fourth-order valence-electron chi connectivity index (χ4n) is 1.38. The zero-order valence-corrected chi connectivity index (χ0v) is 12.3. The van der Waals surface area contributed by atoms with Crippen LogP contribution in [0.25, 0.3) is 0 Å². The van der Waals surface area contributed by atoms with E-state index in [-0.39, 0.29) is 5.69 Å². The first kappa shape index (κ1) is 16.8. The smallest absolute Gasteiger partial charge is 0.323 e. The number of hydrogen-bond donors (Lipinski definition) is 2. The molecule has 0 bridgehead atoms. The zero-order valence-electron chi connectivity index (χ0n) is 11.4. The molecule has 1 aromatic rings. The predicted octanol–water partition coefficient (Wildman–Crippen LogP) is 1.58. The van der Waals surface area contributed by atoms with Gasteiger partial charge in [0.25, 0.3) is 0 Å². The van der Waals surface area contributed by atoms with Crippen LogP contribution in [0.15, 0.2) is 24.3 Å². The molecule has 8 heteroatoms. The van der Waals surface area contributed by atoms with E-state index in [2.05, 4.69) is 4.72 Å². The summed E-state index contributed by atoms with van der Waals surface area (Å²) in [4.78, 5) is 10.7. The Morgan fingerprint density at radius 3 is 2.86 bits per heavy atom. The molecule has 0 radical (unpaired) electrons. The van der Waals surface area contributed by atoms with Crippen LogP contribution in [-0.2, 0) is 14.8 Å². The first-order valence-electron chi connectivity index (χ1n) is 6.21. The molecular weight excluding hydrogens is 296 g/mol. The Morgan fingerprint density at radius 1 is 1.52 bits per heavy atom. The molecule has 0 saturated heterocycles. The van der Waals surface area contributed by atoms with E-state index in [9.17, 15) is 13.2 Å². The fraction of sp³-hybridized carbons (Fsp3) is 0.385. The van der Waals surface area contributed by atoms with Gasteiger partial charge in [0, 0.05) is 12.5 Å². The van der Waals surface area contributed by atoms with Crippen LogP contribution < -0.4 is 9.46 Å². The quantitative estimate of drug-likeness (QED) is 0.704. The van der Waals surface area contributed by atoms with Gasteiger partial charge in [0.2, 0.25) is 10.0 Å². The lowest BCUT2D eigenvalue weighted by Gasteiger charge is -2.12. The summed E-state index contributed by atoms with van der Waals surface area (Å²) in [7, 11) is -4.01. The van der Waals surface area contributed by atoms with Crippen molar-refractivity contribution in [2.75, 3.05) is 11.3 Å². The van der Waals surface area contributed by atoms with Crippen molar-refractivity contribution in [1.82, 2.24) is 0 Å². The predicted molar refractivity (Wildman–Crippen MR) is 76.4 cm³/mol. The Morgan fingerprint density at radius 2 is 2.24 bits per heavy atom. The highest BCUT2D eigenvalue weighted by atomic mass is 32.2. The van der Waals surface area contributed by atoms with Crippen molar-refractivity contribution in [2.24, 2.45) is 0 Å². The van der Waals surface area contributed by atoms with Crippen LogP contribution in [0.4, 0.5) is 5.69 Å². The lowest BCUT2D eigenvalue weighted by molar-refractivity contribution is -0.136. The van der Waals surface area contributed by atoms with Crippen molar-refractivity contribution in [3.63, 3.8) is 0 Å². The summed E-state index contributed by atoms with van der Waals surface area (Å²) in [5.41, 5.74) is 0.223. The standard InChI is InChI=1S/C13H16N2O5S/c1-10(13(16)17)21(18,19)15-11-5-4-6-12(9-11)20-8-3-2-7-14/h4-6,9-10,15H,2-3,8H2,1H3,(H,16,17). The number of nitriles is 1. The third-order valence-electron chi connectivity index (χ3n) is 2.61. The molecule has 0 aliphatic heterocycles. The van der Waals surface area contributed by atoms with E-state index in [4.69, 9.17) is 15.1 Å². The van der Waals surface area contributed by atoms with Gasteiger partial charge >= 0.3 is 5.97 Å². The molecule has 0 saturated carbocycles. The number of carbonyl (C=O) groups is 1. The van der Waals surface area contributed by atoms with E-state index in [1.807, 2.05) is 6.07 Å². The molecule has 1 aromatic carbocycles. The van der Waals surface area contributed by atoms with Crippen LogP contribution in [0.2, 0.25) is 0 Å². The van der Waals surface area contributed by atoms with Crippen LogP contribution in [0.3, 0.4) is 0 Å². The normalized spacial score (nSPS) is 12.2. The van der Waals surface area contributed by atoms with E-state index in [0.717, 1.165) is 6.92 Å². The number of hydrogen-bond acceptors (Lipinski definition) is 5. The van der Waals surface area contributed by atoms with Gasteiger partial charge in [0.05, 0.1) is 18.4 Å². The number of nitrogens with zero attached hydrogens (tertiary/aromatic N) is 1. The Kier molecular flexibility index (Phi) is 5.99. The molecule has 1 rings (SSSR count). The minimum atomic E-state index is -4.01. The van der Waals surface area contributed by atoms with Crippen LogP contribution >= 0.6 is 0 Å². The summed E-state index contributed by atoms with van der Waals surface area (Å²) in [6.07, 6.45) is 0.949. The average molecular weight is 312 g/mol. The van der Waals surface area contributed by atoms with Gasteiger partial charge in [0.15, 0.2) is 5.25 Å². The Hall–Kier alpha value is -2.27. The molecule has 1 atom stereocenters. The van der Waals surface area contributed by atoms with Gasteiger partial charge in [-0.15, -0.1) is 0 Å². The topological polar surface area (TPSA) is 116 Å². The maximum absolute atomic E-state index is 11.8. The first-order valence-corrected chi connectivity index (χ1v) is 7.75. The molecule has 0 aliphatic carbocycles. The van der Waals surface area contributed by atoms with Gasteiger partial charge in [-0.2, -0.15) is 5.26 Å². The second kappa shape index (κ2) is 7.50. The fourth-order valence-corrected chi connectivity index (χ4v) is 2.27. The van der Waals surface area contributed by atoms with Gasteiger partial charge in [-0.3, -0.25) is 9.52 Å². The van der Waals surface area contributed by atoms with Crippen molar-refractivity contribution < 1.29 is 23.1 Å². The average Bonchev–Trinajstić information content (AvgIpc) is 2.42. The number of sulfonamides is 1. The van der Waals surface area contributed by atoms with E-state index in [0.29, 0.717) is 25.2 Å². The number of anilines is 1. The van der Waals surface area contributed by atoms with Crippen molar-refractivity contribution in [3.05, 3.63) is 24.3 Å². The van der Waals surface area contributed by atoms with Gasteiger partial charge in [-0.25, -0.2) is 8.42 Å². The largest absolute Gasteiger partial charge is 0.493 e. The number of nitrogens with one attached hydrogen (secondary N) is 1. The van der Waals surface area contributed by atoms with Gasteiger partial charge in [0.1, 0.15) is 5.75 Å². The van der Waals surface area contributed by atoms with E-state index >= 15 is 0 Å². The molecule has 0 amide bonds. The lowest BCUT2D eigenvalue weighted by Crippen LogP contribution is -2.32. The molecule has 0 heterocycles. The molecule has 2 N–H and O–H groups in total. The number of rotatable bonds is 8. The summed E-state index contributed by atoms with van der Waals surface area (Å²) in [6.45, 7) is 1.43. The SMILES string of the molecule is CC(C(=O)O)S(=O)(=O)Nc1cccc(OCCCC#N)c1. The minimum absolute atomic E-state index is 0.223. The Labute approximate surface area is 123 Å². The molecule has 0 spiro atoms. The number of ether oxygens (including phenoxy) is 1.